The Labute approximate surface area is 204 Å². The molecule has 1 aromatic carbocycles. The molecule has 2 aliphatic rings. The van der Waals surface area contributed by atoms with Crippen molar-refractivity contribution in [1.82, 2.24) is 25.1 Å². The maximum absolute atomic E-state index is 12.4. The van der Waals surface area contributed by atoms with Crippen molar-refractivity contribution in [2.75, 3.05) is 49.0 Å². The van der Waals surface area contributed by atoms with Gasteiger partial charge in [0, 0.05) is 50.9 Å². The van der Waals surface area contributed by atoms with Crippen molar-refractivity contribution in [3.8, 4) is 0 Å². The molecule has 0 radical (unpaired) electrons. The molecule has 1 atom stereocenters. The maximum Gasteiger partial charge on any atom is 0.231 e. The van der Waals surface area contributed by atoms with E-state index in [4.69, 9.17) is 0 Å². The number of carbonyl (C=O) groups is 1. The molecule has 12 heteroatoms. The number of nitrogens with one attached hydrogen (secondary N) is 3. The maximum atomic E-state index is 12.4. The van der Waals surface area contributed by atoms with Crippen molar-refractivity contribution >= 4 is 49.9 Å². The van der Waals surface area contributed by atoms with Crippen molar-refractivity contribution in [1.29, 1.82) is 0 Å². The average molecular weight is 499 g/mol. The van der Waals surface area contributed by atoms with Crippen LogP contribution in [0.3, 0.4) is 0 Å². The fourth-order valence-electron chi connectivity index (χ4n) is 4.42. The second-order valence-electron chi connectivity index (χ2n) is 9.53. The zero-order chi connectivity index (χ0) is 24.7. The lowest BCUT2D eigenvalue weighted by atomic mass is 9.96. The summed E-state index contributed by atoms with van der Waals surface area (Å²) in [5.74, 6) is 0.983. The number of benzene rings is 1. The first-order valence-corrected chi connectivity index (χ1v) is 13.6. The fourth-order valence-corrected chi connectivity index (χ4v) is 5.19. The van der Waals surface area contributed by atoms with E-state index in [1.165, 1.54) is 0 Å². The highest BCUT2D eigenvalue weighted by molar-refractivity contribution is 7.90. The van der Waals surface area contributed by atoms with Gasteiger partial charge >= 0.3 is 0 Å². The van der Waals surface area contributed by atoms with Crippen LogP contribution >= 0.6 is 0 Å². The van der Waals surface area contributed by atoms with Crippen molar-refractivity contribution in [3.05, 3.63) is 24.3 Å². The summed E-state index contributed by atoms with van der Waals surface area (Å²) in [6.45, 7) is 1.63. The minimum atomic E-state index is -3.54. The summed E-state index contributed by atoms with van der Waals surface area (Å²) in [6, 6.07) is 8.21. The van der Waals surface area contributed by atoms with E-state index in [1.807, 2.05) is 24.3 Å². The molecule has 3 aromatic rings. The standard InChI is InChI=1S/C23H30N8O3S/c1-30(2)22(32)14-5-4-12-31(13-14)17-10-8-16(9-11-17)25-23-26-19(24-15-6-7-15)18-20(27-23)28-29-21(18)35(3,33)34/h8-11,14-15H,4-7,12-13H2,1-3H3,(H3,24,25,26,27,28,29). The molecule has 1 aliphatic carbocycles. The van der Waals surface area contributed by atoms with E-state index < -0.39 is 9.84 Å². The zero-order valence-corrected chi connectivity index (χ0v) is 20.9. The van der Waals surface area contributed by atoms with Gasteiger partial charge in [0.1, 0.15) is 11.2 Å². The first-order valence-electron chi connectivity index (χ1n) is 11.7. The largest absolute Gasteiger partial charge is 0.371 e. The fraction of sp³-hybridized carbons (Fsp3) is 0.478. The molecule has 186 valence electrons. The summed E-state index contributed by atoms with van der Waals surface area (Å²) in [5, 5.41) is 13.6. The molecule has 2 aromatic heterocycles. The number of rotatable bonds is 7. The third-order valence-corrected chi connectivity index (χ3v) is 7.35. The van der Waals surface area contributed by atoms with Gasteiger partial charge in [-0.05, 0) is 49.9 Å². The van der Waals surface area contributed by atoms with Gasteiger partial charge in [-0.3, -0.25) is 9.89 Å². The molecule has 3 N–H and O–H groups in total. The Kier molecular flexibility index (Phi) is 5.99. The molecule has 1 amide bonds. The number of piperidine rings is 1. The van der Waals surface area contributed by atoms with Gasteiger partial charge in [0.05, 0.1) is 5.92 Å². The van der Waals surface area contributed by atoms with Gasteiger partial charge in [0.15, 0.2) is 20.5 Å². The molecule has 1 unspecified atom stereocenters. The van der Waals surface area contributed by atoms with E-state index in [0.717, 1.165) is 49.9 Å². The first-order chi connectivity index (χ1) is 16.7. The SMILES string of the molecule is CN(C)C(=O)C1CCCN(c2ccc(Nc3nc(NC4CC4)c4c(S(C)(=O)=O)n[nH]c4n3)cc2)C1. The summed E-state index contributed by atoms with van der Waals surface area (Å²) in [4.78, 5) is 25.4. The van der Waals surface area contributed by atoms with E-state index in [0.29, 0.717) is 29.3 Å². The number of H-pyrrole nitrogens is 1. The molecule has 0 spiro atoms. The number of anilines is 4. The average Bonchev–Trinajstić information content (AvgIpc) is 3.52. The van der Waals surface area contributed by atoms with Crippen molar-refractivity contribution < 1.29 is 13.2 Å². The first kappa shape index (κ1) is 23.3. The number of nitrogens with zero attached hydrogens (tertiary/aromatic N) is 5. The molecule has 0 bridgehead atoms. The zero-order valence-electron chi connectivity index (χ0n) is 20.1. The van der Waals surface area contributed by atoms with Crippen LogP contribution < -0.4 is 15.5 Å². The van der Waals surface area contributed by atoms with E-state index in [-0.39, 0.29) is 22.9 Å². The molecule has 2 fully saturated rings. The van der Waals surface area contributed by atoms with E-state index >= 15 is 0 Å². The van der Waals surface area contributed by atoms with Crippen LogP contribution in [0.4, 0.5) is 23.1 Å². The van der Waals surface area contributed by atoms with Crippen LogP contribution in [-0.2, 0) is 14.6 Å². The predicted molar refractivity (Wildman–Crippen MR) is 135 cm³/mol. The third kappa shape index (κ3) is 5.02. The quantitative estimate of drug-likeness (QED) is 0.448. The lowest BCUT2D eigenvalue weighted by Gasteiger charge is -2.34. The van der Waals surface area contributed by atoms with E-state index in [9.17, 15) is 13.2 Å². The summed E-state index contributed by atoms with van der Waals surface area (Å²) >= 11 is 0. The Morgan fingerprint density at radius 3 is 2.54 bits per heavy atom. The highest BCUT2D eigenvalue weighted by Crippen LogP contribution is 2.32. The van der Waals surface area contributed by atoms with Crippen LogP contribution in [0.25, 0.3) is 11.0 Å². The van der Waals surface area contributed by atoms with Crippen LogP contribution in [0.15, 0.2) is 29.3 Å². The van der Waals surface area contributed by atoms with Crippen molar-refractivity contribution in [2.45, 2.75) is 36.8 Å². The summed E-state index contributed by atoms with van der Waals surface area (Å²) in [6.07, 6.45) is 5.05. The van der Waals surface area contributed by atoms with Gasteiger partial charge in [-0.25, -0.2) is 8.42 Å². The number of sulfone groups is 1. The number of aromatic nitrogens is 4. The number of aromatic amines is 1. The van der Waals surface area contributed by atoms with Gasteiger partial charge in [-0.1, -0.05) is 0 Å². The number of hydrogen-bond acceptors (Lipinski definition) is 9. The number of hydrogen-bond donors (Lipinski definition) is 3. The lowest BCUT2D eigenvalue weighted by molar-refractivity contribution is -0.133. The number of carbonyl (C=O) groups excluding carboxylic acids is 1. The number of fused-ring (bicyclic) bond motifs is 1. The predicted octanol–water partition coefficient (Wildman–Crippen LogP) is 2.38. The van der Waals surface area contributed by atoms with Crippen LogP contribution in [-0.4, -0.2) is 78.9 Å². The van der Waals surface area contributed by atoms with Crippen LogP contribution in [0.2, 0.25) is 0 Å². The Hall–Kier alpha value is -3.41. The highest BCUT2D eigenvalue weighted by atomic mass is 32.2. The summed E-state index contributed by atoms with van der Waals surface area (Å²) in [5.41, 5.74) is 2.21. The molecule has 1 saturated heterocycles. The normalized spacial score (nSPS) is 18.5. The van der Waals surface area contributed by atoms with Crippen LogP contribution in [0, 0.1) is 5.92 Å². The van der Waals surface area contributed by atoms with Crippen LogP contribution in [0.5, 0.6) is 0 Å². The smallest absolute Gasteiger partial charge is 0.231 e. The molecule has 3 heterocycles. The monoisotopic (exact) mass is 498 g/mol. The van der Waals surface area contributed by atoms with Gasteiger partial charge in [0.25, 0.3) is 0 Å². The van der Waals surface area contributed by atoms with E-state index in [1.54, 1.807) is 19.0 Å². The van der Waals surface area contributed by atoms with Gasteiger partial charge < -0.3 is 20.4 Å². The number of amides is 1. The molecule has 1 saturated carbocycles. The second-order valence-corrected chi connectivity index (χ2v) is 11.5. The second kappa shape index (κ2) is 8.99. The van der Waals surface area contributed by atoms with Gasteiger partial charge in [-0.2, -0.15) is 15.1 Å². The lowest BCUT2D eigenvalue weighted by Crippen LogP contribution is -2.42. The summed E-state index contributed by atoms with van der Waals surface area (Å²) < 4.78 is 24.4. The van der Waals surface area contributed by atoms with E-state index in [2.05, 4.69) is 35.7 Å². The summed E-state index contributed by atoms with van der Waals surface area (Å²) in [7, 11) is 0.0705. The van der Waals surface area contributed by atoms with Crippen molar-refractivity contribution in [3.63, 3.8) is 0 Å². The molecule has 11 nitrogen and oxygen atoms in total. The molecule has 5 rings (SSSR count). The topological polar surface area (TPSA) is 136 Å². The van der Waals surface area contributed by atoms with Crippen molar-refractivity contribution in [2.24, 2.45) is 5.92 Å². The minimum Gasteiger partial charge on any atom is -0.371 e. The molecule has 35 heavy (non-hydrogen) atoms. The molecular weight excluding hydrogens is 468 g/mol. The Balaban J connectivity index is 1.36. The van der Waals surface area contributed by atoms with Gasteiger partial charge in [-0.15, -0.1) is 0 Å². The Morgan fingerprint density at radius 2 is 1.89 bits per heavy atom. The van der Waals surface area contributed by atoms with Gasteiger partial charge in [0.2, 0.25) is 11.9 Å². The molecule has 1 aliphatic heterocycles. The third-order valence-electron chi connectivity index (χ3n) is 6.36. The Morgan fingerprint density at radius 1 is 1.14 bits per heavy atom. The Bertz CT molecular complexity index is 1350. The van der Waals surface area contributed by atoms with Crippen LogP contribution in [0.1, 0.15) is 25.7 Å². The molecular formula is C23H30N8O3S. The highest BCUT2D eigenvalue weighted by Gasteiger charge is 2.28. The minimum absolute atomic E-state index is 0.0142.